The highest BCUT2D eigenvalue weighted by molar-refractivity contribution is 7.22. The van der Waals surface area contributed by atoms with Gasteiger partial charge in [0.25, 0.3) is 5.91 Å². The third-order valence-electron chi connectivity index (χ3n) is 3.58. The number of carbonyl (C=O) groups is 1. The van der Waals surface area contributed by atoms with Gasteiger partial charge in [-0.15, -0.1) is 0 Å². The van der Waals surface area contributed by atoms with E-state index in [0.29, 0.717) is 11.7 Å². The van der Waals surface area contributed by atoms with Crippen LogP contribution in [0.25, 0.3) is 10.2 Å². The van der Waals surface area contributed by atoms with Crippen LogP contribution in [-0.2, 0) is 0 Å². The number of hydrogen-bond donors (Lipinski definition) is 0. The number of para-hydroxylation sites is 1. The first-order chi connectivity index (χ1) is 12.0. The van der Waals surface area contributed by atoms with Crippen molar-refractivity contribution in [3.8, 4) is 5.75 Å². The zero-order valence-corrected chi connectivity index (χ0v) is 14.4. The Hall–Kier alpha value is -3.00. The van der Waals surface area contributed by atoms with Crippen LogP contribution in [0, 0.1) is 10.1 Å². The highest BCUT2D eigenvalue weighted by Crippen LogP contribution is 2.31. The molecule has 0 fully saturated rings. The van der Waals surface area contributed by atoms with Crippen LogP contribution in [0.3, 0.4) is 0 Å². The Morgan fingerprint density at radius 1 is 1.32 bits per heavy atom. The van der Waals surface area contributed by atoms with Gasteiger partial charge in [-0.3, -0.25) is 19.8 Å². The number of carbonyl (C=O) groups excluding carboxylic acids is 1. The maximum atomic E-state index is 12.7. The van der Waals surface area contributed by atoms with Gasteiger partial charge in [-0.2, -0.15) is 0 Å². The molecule has 0 aliphatic heterocycles. The predicted octanol–water partition coefficient (Wildman–Crippen LogP) is 3.88. The number of rotatable bonds is 5. The van der Waals surface area contributed by atoms with Gasteiger partial charge in [0.2, 0.25) is 0 Å². The van der Waals surface area contributed by atoms with Crippen LogP contribution in [0.2, 0.25) is 0 Å². The minimum Gasteiger partial charge on any atom is -0.487 e. The molecule has 2 aromatic carbocycles. The number of ether oxygens (including phenoxy) is 1. The monoisotopic (exact) mass is 357 g/mol. The van der Waals surface area contributed by atoms with Crippen molar-refractivity contribution in [2.75, 3.05) is 18.6 Å². The molecule has 3 rings (SSSR count). The summed E-state index contributed by atoms with van der Waals surface area (Å²) in [4.78, 5) is 29.2. The van der Waals surface area contributed by atoms with Gasteiger partial charge in [0, 0.05) is 18.7 Å². The number of benzene rings is 2. The van der Waals surface area contributed by atoms with E-state index in [1.165, 1.54) is 34.4 Å². The molecular formula is C17H15N3O4S. The molecule has 128 valence electrons. The van der Waals surface area contributed by atoms with Crippen molar-refractivity contribution < 1.29 is 14.5 Å². The van der Waals surface area contributed by atoms with E-state index < -0.39 is 4.92 Å². The van der Waals surface area contributed by atoms with Crippen LogP contribution < -0.4 is 9.64 Å². The molecule has 0 atom stereocenters. The topological polar surface area (TPSA) is 85.6 Å². The van der Waals surface area contributed by atoms with Crippen molar-refractivity contribution in [2.24, 2.45) is 0 Å². The normalized spacial score (nSPS) is 10.6. The van der Waals surface area contributed by atoms with Gasteiger partial charge in [0.15, 0.2) is 10.9 Å². The predicted molar refractivity (Wildman–Crippen MR) is 96.6 cm³/mol. The van der Waals surface area contributed by atoms with Crippen LogP contribution in [0.4, 0.5) is 10.8 Å². The molecular weight excluding hydrogens is 342 g/mol. The largest absolute Gasteiger partial charge is 0.487 e. The first kappa shape index (κ1) is 16.8. The summed E-state index contributed by atoms with van der Waals surface area (Å²) in [5.41, 5.74) is 0.780. The van der Waals surface area contributed by atoms with Crippen molar-refractivity contribution in [3.63, 3.8) is 0 Å². The molecule has 0 saturated carbocycles. The smallest absolute Gasteiger partial charge is 0.311 e. The van der Waals surface area contributed by atoms with Gasteiger partial charge in [-0.25, -0.2) is 4.98 Å². The molecule has 0 unspecified atom stereocenters. The number of aromatic nitrogens is 1. The van der Waals surface area contributed by atoms with E-state index in [4.69, 9.17) is 4.74 Å². The minimum atomic E-state index is -0.556. The van der Waals surface area contributed by atoms with Crippen LogP contribution in [0.1, 0.15) is 17.3 Å². The molecule has 0 bridgehead atoms. The molecule has 0 aliphatic carbocycles. The lowest BCUT2D eigenvalue weighted by atomic mass is 10.1. The molecule has 8 heteroatoms. The average molecular weight is 357 g/mol. The number of nitro groups is 1. The summed E-state index contributed by atoms with van der Waals surface area (Å²) in [5.74, 6) is -0.225. The number of amides is 1. The van der Waals surface area contributed by atoms with E-state index in [-0.39, 0.29) is 22.9 Å². The molecule has 3 aromatic rings. The van der Waals surface area contributed by atoms with E-state index in [9.17, 15) is 14.9 Å². The van der Waals surface area contributed by atoms with E-state index in [0.717, 1.165) is 10.2 Å². The maximum Gasteiger partial charge on any atom is 0.311 e. The average Bonchev–Trinajstić information content (AvgIpc) is 3.05. The molecule has 1 amide bonds. The maximum absolute atomic E-state index is 12.7. The van der Waals surface area contributed by atoms with Gasteiger partial charge in [-0.05, 0) is 31.2 Å². The Morgan fingerprint density at radius 3 is 2.76 bits per heavy atom. The molecule has 1 aromatic heterocycles. The molecule has 1 heterocycles. The lowest BCUT2D eigenvalue weighted by Gasteiger charge is -2.14. The van der Waals surface area contributed by atoms with Gasteiger partial charge in [0.05, 0.1) is 21.7 Å². The standard InChI is InChI=1S/C17H15N3O4S/c1-3-24-14-9-8-11(10-13(14)20(22)23)16(21)19(2)17-18-12-6-4-5-7-15(12)25-17/h4-10H,3H2,1-2H3. The number of nitrogens with zero attached hydrogens (tertiary/aromatic N) is 3. The molecule has 25 heavy (non-hydrogen) atoms. The molecule has 0 spiro atoms. The molecule has 0 aliphatic rings. The van der Waals surface area contributed by atoms with Gasteiger partial charge < -0.3 is 4.74 Å². The Kier molecular flexibility index (Phi) is 4.62. The Balaban J connectivity index is 1.93. The van der Waals surface area contributed by atoms with Crippen LogP contribution >= 0.6 is 11.3 Å². The van der Waals surface area contributed by atoms with Gasteiger partial charge >= 0.3 is 5.69 Å². The Labute approximate surface area is 147 Å². The highest BCUT2D eigenvalue weighted by Gasteiger charge is 2.22. The fraction of sp³-hybridized carbons (Fsp3) is 0.176. The second-order valence-electron chi connectivity index (χ2n) is 5.20. The molecule has 0 saturated heterocycles. The summed E-state index contributed by atoms with van der Waals surface area (Å²) in [6.45, 7) is 2.05. The fourth-order valence-corrected chi connectivity index (χ4v) is 3.28. The second-order valence-corrected chi connectivity index (χ2v) is 6.21. The van der Waals surface area contributed by atoms with Crippen molar-refractivity contribution >= 4 is 38.3 Å². The van der Waals surface area contributed by atoms with E-state index >= 15 is 0 Å². The number of anilines is 1. The zero-order chi connectivity index (χ0) is 18.0. The minimum absolute atomic E-state index is 0.145. The zero-order valence-electron chi connectivity index (χ0n) is 13.6. The summed E-state index contributed by atoms with van der Waals surface area (Å²) < 4.78 is 6.21. The van der Waals surface area contributed by atoms with Gasteiger partial charge in [0.1, 0.15) is 0 Å². The summed E-state index contributed by atoms with van der Waals surface area (Å²) in [5, 5.41) is 11.7. The third kappa shape index (κ3) is 3.29. The highest BCUT2D eigenvalue weighted by atomic mass is 32.1. The summed E-state index contributed by atoms with van der Waals surface area (Å²) >= 11 is 1.39. The Morgan fingerprint density at radius 2 is 2.08 bits per heavy atom. The summed E-state index contributed by atoms with van der Waals surface area (Å²) in [6, 6.07) is 11.8. The molecule has 0 N–H and O–H groups in total. The number of nitro benzene ring substituents is 1. The SMILES string of the molecule is CCOc1ccc(C(=O)N(C)c2nc3ccccc3s2)cc1[N+](=O)[O-]. The first-order valence-electron chi connectivity index (χ1n) is 7.56. The third-order valence-corrected chi connectivity index (χ3v) is 4.69. The van der Waals surface area contributed by atoms with Crippen molar-refractivity contribution in [3.05, 3.63) is 58.1 Å². The van der Waals surface area contributed by atoms with Crippen LogP contribution in [0.5, 0.6) is 5.75 Å². The number of hydrogen-bond acceptors (Lipinski definition) is 6. The van der Waals surface area contributed by atoms with E-state index in [2.05, 4.69) is 4.98 Å². The lowest BCUT2D eigenvalue weighted by molar-refractivity contribution is -0.385. The van der Waals surface area contributed by atoms with Crippen molar-refractivity contribution in [1.29, 1.82) is 0 Å². The number of thiazole rings is 1. The molecule has 0 radical (unpaired) electrons. The lowest BCUT2D eigenvalue weighted by Crippen LogP contribution is -2.26. The van der Waals surface area contributed by atoms with Crippen LogP contribution in [-0.4, -0.2) is 29.5 Å². The second kappa shape index (κ2) is 6.86. The summed E-state index contributed by atoms with van der Waals surface area (Å²) in [6.07, 6.45) is 0. The quantitative estimate of drug-likeness (QED) is 0.511. The van der Waals surface area contributed by atoms with E-state index in [1.807, 2.05) is 24.3 Å². The van der Waals surface area contributed by atoms with E-state index in [1.54, 1.807) is 14.0 Å². The van der Waals surface area contributed by atoms with Crippen molar-refractivity contribution in [2.45, 2.75) is 6.92 Å². The Bertz CT molecular complexity index is 921. The van der Waals surface area contributed by atoms with Crippen LogP contribution in [0.15, 0.2) is 42.5 Å². The van der Waals surface area contributed by atoms with Gasteiger partial charge in [-0.1, -0.05) is 23.5 Å². The number of fused-ring (bicyclic) bond motifs is 1. The van der Waals surface area contributed by atoms with Crippen molar-refractivity contribution in [1.82, 2.24) is 4.98 Å². The summed E-state index contributed by atoms with van der Waals surface area (Å²) in [7, 11) is 1.60. The first-order valence-corrected chi connectivity index (χ1v) is 8.37. The molecule has 7 nitrogen and oxygen atoms in total. The fourth-order valence-electron chi connectivity index (χ4n) is 2.35.